The second-order valence-electron chi connectivity index (χ2n) is 9.08. The highest BCUT2D eigenvalue weighted by Gasteiger charge is 2.34. The predicted octanol–water partition coefficient (Wildman–Crippen LogP) is 4.84. The highest BCUT2D eigenvalue weighted by Crippen LogP contribution is 2.27. The molecule has 3 heterocycles. The number of fused-ring (bicyclic) bond motifs is 2. The lowest BCUT2D eigenvalue weighted by Crippen LogP contribution is -2.54. The van der Waals surface area contributed by atoms with E-state index in [2.05, 4.69) is 88.5 Å². The van der Waals surface area contributed by atoms with E-state index in [1.165, 1.54) is 29.0 Å². The number of benzene rings is 2. The second-order valence-corrected chi connectivity index (χ2v) is 9.08. The zero-order valence-electron chi connectivity index (χ0n) is 20.0. The Balaban J connectivity index is 1.36. The number of aromatic amines is 2. The van der Waals surface area contributed by atoms with Crippen LogP contribution in [0.2, 0.25) is 0 Å². The maximum Gasteiger partial charge on any atom is 0.336 e. The van der Waals surface area contributed by atoms with Crippen LogP contribution in [0.4, 0.5) is 0 Å². The Labute approximate surface area is 200 Å². The van der Waals surface area contributed by atoms with Crippen molar-refractivity contribution in [3.8, 4) is 0 Å². The van der Waals surface area contributed by atoms with Gasteiger partial charge in [-0.2, -0.15) is 0 Å². The number of rotatable bonds is 7. The number of hydrogen-bond donors (Lipinski definition) is 2. The summed E-state index contributed by atoms with van der Waals surface area (Å²) < 4.78 is 5.14. The van der Waals surface area contributed by atoms with Crippen molar-refractivity contribution in [2.24, 2.45) is 0 Å². The standard InChI is InChI=1S/C28H32N4O2/c1-19-25(28(33)34-3)18-31(14-12-21-16-29-26-10-6-4-8-23(21)26)20(2)32(19)15-13-22-17-30-27-11-7-5-9-24(22)27/h4-11,16-20,29-30H,12-15H2,1-3H3/t19-,20-/m0/s1. The first kappa shape index (κ1) is 22.3. The molecule has 6 heteroatoms. The average molecular weight is 457 g/mol. The fourth-order valence-electron chi connectivity index (χ4n) is 5.24. The van der Waals surface area contributed by atoms with Gasteiger partial charge in [0, 0.05) is 59.5 Å². The first-order valence-corrected chi connectivity index (χ1v) is 12.0. The number of aromatic nitrogens is 2. The number of hydrogen-bond acceptors (Lipinski definition) is 4. The van der Waals surface area contributed by atoms with Crippen molar-refractivity contribution in [1.82, 2.24) is 19.8 Å². The lowest BCUT2D eigenvalue weighted by Gasteiger charge is -2.45. The van der Waals surface area contributed by atoms with Crippen LogP contribution in [-0.4, -0.2) is 58.1 Å². The van der Waals surface area contributed by atoms with Gasteiger partial charge < -0.3 is 19.6 Å². The highest BCUT2D eigenvalue weighted by atomic mass is 16.5. The van der Waals surface area contributed by atoms with E-state index >= 15 is 0 Å². The van der Waals surface area contributed by atoms with Gasteiger partial charge in [0.1, 0.15) is 0 Å². The Morgan fingerprint density at radius 2 is 1.44 bits per heavy atom. The summed E-state index contributed by atoms with van der Waals surface area (Å²) in [5.41, 5.74) is 5.62. The first-order valence-electron chi connectivity index (χ1n) is 12.0. The number of carbonyl (C=O) groups is 1. The van der Waals surface area contributed by atoms with E-state index in [-0.39, 0.29) is 18.2 Å². The van der Waals surface area contributed by atoms with Gasteiger partial charge in [-0.25, -0.2) is 4.79 Å². The Kier molecular flexibility index (Phi) is 6.16. The largest absolute Gasteiger partial charge is 0.466 e. The van der Waals surface area contributed by atoms with E-state index in [1.807, 2.05) is 12.3 Å². The monoisotopic (exact) mass is 456 g/mol. The number of para-hydroxylation sites is 2. The molecule has 5 rings (SSSR count). The van der Waals surface area contributed by atoms with Gasteiger partial charge in [-0.15, -0.1) is 0 Å². The lowest BCUT2D eigenvalue weighted by molar-refractivity contribution is -0.137. The smallest absolute Gasteiger partial charge is 0.336 e. The number of nitrogens with zero attached hydrogens (tertiary/aromatic N) is 2. The molecule has 2 aromatic carbocycles. The zero-order valence-corrected chi connectivity index (χ0v) is 20.0. The van der Waals surface area contributed by atoms with Crippen LogP contribution in [0.25, 0.3) is 21.8 Å². The topological polar surface area (TPSA) is 64.4 Å². The molecule has 2 atom stereocenters. The van der Waals surface area contributed by atoms with E-state index in [0.717, 1.165) is 37.0 Å². The molecule has 4 aromatic rings. The Bertz CT molecular complexity index is 1330. The summed E-state index contributed by atoms with van der Waals surface area (Å²) in [6.45, 7) is 6.00. The molecular formula is C28H32N4O2. The SMILES string of the molecule is COC(=O)C1=CN(CCc2c[nH]c3ccccc23)[C@H](C)N(CCc2c[nH]c3ccccc23)[C@H]1C. The van der Waals surface area contributed by atoms with E-state index < -0.39 is 0 Å². The molecule has 0 amide bonds. The molecule has 34 heavy (non-hydrogen) atoms. The van der Waals surface area contributed by atoms with Gasteiger partial charge in [0.15, 0.2) is 0 Å². The molecule has 1 aliphatic rings. The summed E-state index contributed by atoms with van der Waals surface area (Å²) in [5, 5.41) is 2.52. The molecule has 0 unspecified atom stereocenters. The molecule has 0 radical (unpaired) electrons. The first-order chi connectivity index (χ1) is 16.6. The zero-order chi connectivity index (χ0) is 23.7. The number of nitrogens with one attached hydrogen (secondary N) is 2. The molecular weight excluding hydrogens is 424 g/mol. The number of esters is 1. The third-order valence-electron chi connectivity index (χ3n) is 7.26. The molecule has 176 valence electrons. The average Bonchev–Trinajstić information content (AvgIpc) is 3.47. The fraction of sp³-hybridized carbons (Fsp3) is 0.321. The lowest BCUT2D eigenvalue weighted by atomic mass is 10.0. The molecule has 0 bridgehead atoms. The Hall–Kier alpha value is -3.51. The normalized spacial score (nSPS) is 19.0. The van der Waals surface area contributed by atoms with E-state index in [1.54, 1.807) is 0 Å². The van der Waals surface area contributed by atoms with Crippen LogP contribution in [-0.2, 0) is 22.4 Å². The summed E-state index contributed by atoms with van der Waals surface area (Å²) >= 11 is 0. The molecule has 6 nitrogen and oxygen atoms in total. The maximum atomic E-state index is 12.6. The molecule has 1 aliphatic heterocycles. The summed E-state index contributed by atoms with van der Waals surface area (Å²) in [5.74, 6) is -0.256. The molecule has 0 saturated heterocycles. The van der Waals surface area contributed by atoms with E-state index in [4.69, 9.17) is 4.74 Å². The summed E-state index contributed by atoms with van der Waals surface area (Å²) in [6.07, 6.45) is 8.18. The number of ether oxygens (including phenoxy) is 1. The van der Waals surface area contributed by atoms with Gasteiger partial charge >= 0.3 is 5.97 Å². The quantitative estimate of drug-likeness (QED) is 0.391. The van der Waals surface area contributed by atoms with Crippen LogP contribution in [0.15, 0.2) is 72.7 Å². The third-order valence-corrected chi connectivity index (χ3v) is 7.26. The second kappa shape index (κ2) is 9.39. The molecule has 2 aromatic heterocycles. The Morgan fingerprint density at radius 3 is 2.03 bits per heavy atom. The number of H-pyrrole nitrogens is 2. The molecule has 0 spiro atoms. The molecule has 2 N–H and O–H groups in total. The Morgan fingerprint density at radius 1 is 0.882 bits per heavy atom. The van der Waals surface area contributed by atoms with Crippen LogP contribution in [0, 0.1) is 0 Å². The van der Waals surface area contributed by atoms with Crippen molar-refractivity contribution in [3.63, 3.8) is 0 Å². The minimum Gasteiger partial charge on any atom is -0.466 e. The van der Waals surface area contributed by atoms with Gasteiger partial charge in [0.05, 0.1) is 18.8 Å². The number of carbonyl (C=O) groups excluding carboxylic acids is 1. The number of methoxy groups -OCH3 is 1. The molecule has 0 aliphatic carbocycles. The van der Waals surface area contributed by atoms with Crippen LogP contribution < -0.4 is 0 Å². The summed E-state index contributed by atoms with van der Waals surface area (Å²) in [4.78, 5) is 24.1. The van der Waals surface area contributed by atoms with Crippen molar-refractivity contribution in [3.05, 3.63) is 83.8 Å². The maximum absolute atomic E-state index is 12.6. The summed E-state index contributed by atoms with van der Waals surface area (Å²) in [6, 6.07) is 16.8. The van der Waals surface area contributed by atoms with Gasteiger partial charge in [-0.05, 0) is 49.9 Å². The molecule has 0 saturated carbocycles. The molecule has 0 fully saturated rings. The summed E-state index contributed by atoms with van der Waals surface area (Å²) in [7, 11) is 1.46. The van der Waals surface area contributed by atoms with Crippen LogP contribution in [0.5, 0.6) is 0 Å². The minimum atomic E-state index is -0.256. The third kappa shape index (κ3) is 4.10. The van der Waals surface area contributed by atoms with Gasteiger partial charge in [0.2, 0.25) is 0 Å². The van der Waals surface area contributed by atoms with Crippen molar-refractivity contribution >= 4 is 27.8 Å². The highest BCUT2D eigenvalue weighted by molar-refractivity contribution is 5.89. The fourth-order valence-corrected chi connectivity index (χ4v) is 5.24. The van der Waals surface area contributed by atoms with Crippen LogP contribution >= 0.6 is 0 Å². The van der Waals surface area contributed by atoms with E-state index in [0.29, 0.717) is 5.57 Å². The van der Waals surface area contributed by atoms with Crippen molar-refractivity contribution in [2.45, 2.75) is 38.9 Å². The minimum absolute atomic E-state index is 0.0167. The van der Waals surface area contributed by atoms with Crippen molar-refractivity contribution in [1.29, 1.82) is 0 Å². The van der Waals surface area contributed by atoms with Gasteiger partial charge in [-0.3, -0.25) is 4.90 Å². The van der Waals surface area contributed by atoms with Crippen molar-refractivity contribution < 1.29 is 9.53 Å². The van der Waals surface area contributed by atoms with Crippen molar-refractivity contribution in [2.75, 3.05) is 20.2 Å². The van der Waals surface area contributed by atoms with Gasteiger partial charge in [0.25, 0.3) is 0 Å². The van der Waals surface area contributed by atoms with Crippen LogP contribution in [0.3, 0.4) is 0 Å². The van der Waals surface area contributed by atoms with Crippen LogP contribution in [0.1, 0.15) is 25.0 Å². The predicted molar refractivity (Wildman–Crippen MR) is 136 cm³/mol. The van der Waals surface area contributed by atoms with Gasteiger partial charge in [-0.1, -0.05) is 36.4 Å². The van der Waals surface area contributed by atoms with E-state index in [9.17, 15) is 4.79 Å².